The molecule has 2 aromatic carbocycles. The summed E-state index contributed by atoms with van der Waals surface area (Å²) in [7, 11) is -1.38. The molecular weight excluding hydrogens is 977 g/mol. The lowest BCUT2D eigenvalue weighted by Crippen LogP contribution is -2.54. The number of sulfonamides is 1. The van der Waals surface area contributed by atoms with Crippen LogP contribution < -0.4 is 36.6 Å². The summed E-state index contributed by atoms with van der Waals surface area (Å²) in [4.78, 5) is 95.1. The third kappa shape index (κ3) is 12.8. The van der Waals surface area contributed by atoms with Gasteiger partial charge in [0.15, 0.2) is 0 Å². The lowest BCUT2D eigenvalue weighted by Gasteiger charge is -2.37. The van der Waals surface area contributed by atoms with Crippen LogP contribution in [0.1, 0.15) is 121 Å². The zero-order valence-corrected chi connectivity index (χ0v) is 43.4. The Kier molecular flexibility index (Phi) is 16.9. The van der Waals surface area contributed by atoms with Gasteiger partial charge < -0.3 is 26.0 Å². The summed E-state index contributed by atoms with van der Waals surface area (Å²) >= 11 is 1.76. The predicted octanol–water partition coefficient (Wildman–Crippen LogP) is 1.60. The molecule has 7 atom stereocenters. The second kappa shape index (κ2) is 23.3. The van der Waals surface area contributed by atoms with Gasteiger partial charge in [-0.3, -0.25) is 58.9 Å². The third-order valence-corrected chi connectivity index (χ3v) is 18.6. The first kappa shape index (κ1) is 52.9. The number of ether oxygens (including phenoxy) is 1. The number of carbonyl (C=O) groups is 7. The number of benzene rings is 2. The topological polar surface area (TPSA) is 248 Å². The molecule has 6 fully saturated rings. The molecule has 396 valence electrons. The van der Waals surface area contributed by atoms with E-state index < -0.39 is 45.6 Å². The zero-order valence-electron chi connectivity index (χ0n) is 41.8. The molecule has 2 aromatic rings. The average molecular weight is 1050 g/mol. The van der Waals surface area contributed by atoms with E-state index in [4.69, 9.17) is 4.74 Å². The van der Waals surface area contributed by atoms with E-state index >= 15 is 0 Å². The summed E-state index contributed by atoms with van der Waals surface area (Å²) in [5.41, 5.74) is 2.51. The Morgan fingerprint density at radius 2 is 1.63 bits per heavy atom. The van der Waals surface area contributed by atoms with Crippen LogP contribution >= 0.6 is 11.8 Å². The van der Waals surface area contributed by atoms with E-state index in [2.05, 4.69) is 66.0 Å². The molecule has 7 amide bonds. The van der Waals surface area contributed by atoms with Crippen molar-refractivity contribution in [3.05, 3.63) is 64.7 Å². The molecule has 6 heterocycles. The van der Waals surface area contributed by atoms with Crippen molar-refractivity contribution >= 4 is 63.1 Å². The molecule has 73 heavy (non-hydrogen) atoms. The van der Waals surface area contributed by atoms with Crippen LogP contribution in [0.3, 0.4) is 0 Å². The number of likely N-dealkylation sites (N-methyl/N-ethyl adjacent to an activating group) is 1. The lowest BCUT2D eigenvalue weighted by molar-refractivity contribution is -0.136. The van der Waals surface area contributed by atoms with Gasteiger partial charge in [0.05, 0.1) is 42.6 Å². The Balaban J connectivity index is 0.711. The Labute approximate surface area is 431 Å². The molecule has 7 aliphatic rings. The van der Waals surface area contributed by atoms with E-state index in [-0.39, 0.29) is 90.3 Å². The minimum Gasteiger partial charge on any atom is -0.492 e. The van der Waals surface area contributed by atoms with Gasteiger partial charge in [-0.1, -0.05) is 43.5 Å². The maximum Gasteiger partial charge on any atom is 0.262 e. The van der Waals surface area contributed by atoms with Crippen molar-refractivity contribution in [2.24, 2.45) is 11.8 Å². The number of nitrogens with zero attached hydrogens (tertiary/aromatic N) is 4. The molecule has 0 bridgehead atoms. The van der Waals surface area contributed by atoms with Crippen molar-refractivity contribution in [1.29, 1.82) is 0 Å². The van der Waals surface area contributed by atoms with Crippen LogP contribution in [0.15, 0.2) is 42.5 Å². The number of amides is 7. The molecule has 1 saturated carbocycles. The second-order valence-electron chi connectivity index (χ2n) is 20.9. The Bertz CT molecular complexity index is 2540. The normalized spacial score (nSPS) is 27.8. The van der Waals surface area contributed by atoms with Crippen LogP contribution in [-0.4, -0.2) is 170 Å². The first-order valence-corrected chi connectivity index (χ1v) is 28.8. The molecule has 0 spiro atoms. The highest BCUT2D eigenvalue weighted by atomic mass is 32.2. The molecule has 0 aromatic heterocycles. The van der Waals surface area contributed by atoms with Gasteiger partial charge in [0, 0.05) is 56.5 Å². The van der Waals surface area contributed by atoms with E-state index in [1.54, 1.807) is 23.9 Å². The number of likely N-dealkylation sites (tertiary alicyclic amines) is 1. The highest BCUT2D eigenvalue weighted by Crippen LogP contribution is 2.45. The van der Waals surface area contributed by atoms with Crippen molar-refractivity contribution in [1.82, 2.24) is 50.9 Å². The number of thioether (sulfide) groups is 1. The van der Waals surface area contributed by atoms with E-state index in [9.17, 15) is 42.0 Å². The molecule has 20 nitrogen and oxygen atoms in total. The number of hydrogen-bond acceptors (Lipinski definition) is 15. The first-order valence-electron chi connectivity index (χ1n) is 26.0. The number of hydrogen-bond donors (Lipinski definition) is 6. The molecule has 0 radical (unpaired) electrons. The predicted molar refractivity (Wildman–Crippen MR) is 272 cm³/mol. The minimum absolute atomic E-state index is 0.00615. The molecular formula is C51H70N10O10S2. The van der Waals surface area contributed by atoms with Crippen molar-refractivity contribution in [2.75, 3.05) is 72.3 Å². The van der Waals surface area contributed by atoms with E-state index in [1.807, 2.05) is 7.05 Å². The lowest BCUT2D eigenvalue weighted by atomic mass is 9.81. The van der Waals surface area contributed by atoms with Crippen molar-refractivity contribution in [3.63, 3.8) is 0 Å². The van der Waals surface area contributed by atoms with Gasteiger partial charge in [-0.2, -0.15) is 0 Å². The fourth-order valence-corrected chi connectivity index (χ4v) is 14.3. The van der Waals surface area contributed by atoms with Gasteiger partial charge >= 0.3 is 0 Å². The number of piperidine rings is 3. The largest absolute Gasteiger partial charge is 0.492 e. The van der Waals surface area contributed by atoms with Crippen LogP contribution in [0.2, 0.25) is 0 Å². The SMILES string of the molecule is CN(CC(=O)NC1CCN(CCOc2ccc3c(c2)C(=O)N(C2CCC(=O)NC2=O)C3=O)CC1)C1CC(c2cccc(C3NC(NC(=O)CNC(=O)C4CCN(S(C)(=O)=O)C4)SC3C3CCCCC3)c2)CCN1. The van der Waals surface area contributed by atoms with Gasteiger partial charge in [0.25, 0.3) is 11.8 Å². The summed E-state index contributed by atoms with van der Waals surface area (Å²) in [5.74, 6) is -2.05. The fraction of sp³-hybridized carbons (Fsp3) is 0.627. The molecule has 6 N–H and O–H groups in total. The summed E-state index contributed by atoms with van der Waals surface area (Å²) in [6.45, 7) is 3.92. The van der Waals surface area contributed by atoms with Crippen molar-refractivity contribution < 1.29 is 46.7 Å². The van der Waals surface area contributed by atoms with E-state index in [1.165, 1.54) is 40.8 Å². The second-order valence-corrected chi connectivity index (χ2v) is 24.1. The number of carbonyl (C=O) groups excluding carboxylic acids is 7. The number of fused-ring (bicyclic) bond motifs is 1. The van der Waals surface area contributed by atoms with Gasteiger partial charge in [0.2, 0.25) is 39.6 Å². The van der Waals surface area contributed by atoms with Gasteiger partial charge in [-0.05, 0) is 106 Å². The Morgan fingerprint density at radius 1 is 0.863 bits per heavy atom. The minimum atomic E-state index is -3.37. The maximum atomic E-state index is 13.4. The molecule has 7 unspecified atom stereocenters. The van der Waals surface area contributed by atoms with Gasteiger partial charge in [-0.25, -0.2) is 12.7 Å². The summed E-state index contributed by atoms with van der Waals surface area (Å²) in [6, 6.07) is 12.6. The van der Waals surface area contributed by atoms with Gasteiger partial charge in [-0.15, -0.1) is 11.8 Å². The van der Waals surface area contributed by atoms with Crippen molar-refractivity contribution in [2.45, 2.75) is 118 Å². The maximum absolute atomic E-state index is 13.4. The van der Waals surface area contributed by atoms with Crippen LogP contribution in [0.5, 0.6) is 5.75 Å². The summed E-state index contributed by atoms with van der Waals surface area (Å²) in [6.07, 6.45) is 11.1. The highest BCUT2D eigenvalue weighted by molar-refractivity contribution is 8.00. The monoisotopic (exact) mass is 1050 g/mol. The Hall–Kier alpha value is -4.97. The highest BCUT2D eigenvalue weighted by Gasteiger charge is 2.45. The standard InChI is InChI=1S/C51H70N10O10S2/c1-58(30-44(64)54-36-17-20-59(21-18-36)23-24-71-37-11-12-38-39(27-37)50(68)61(49(38)67)40-13-14-42(62)55-48(40)66)41-26-33(15-19-52-41)32-9-6-10-34(25-32)45-46(31-7-4-3-5-8-31)72-51(57-45)56-43(63)28-53-47(65)35-16-22-60(29-35)73(2,69)70/h6,9-12,25,27,31,33,35-36,40-41,45-46,51-52,57H,3-5,7-8,13-24,26,28-30H2,1-2H3,(H,53,65)(H,54,64)(H,56,63)(H,55,62,66). The van der Waals surface area contributed by atoms with Crippen molar-refractivity contribution in [3.8, 4) is 5.75 Å². The van der Waals surface area contributed by atoms with E-state index in [0.717, 1.165) is 69.3 Å². The number of rotatable bonds is 17. The third-order valence-electron chi connectivity index (χ3n) is 15.9. The van der Waals surface area contributed by atoms with E-state index in [0.29, 0.717) is 43.7 Å². The molecule has 1 aliphatic carbocycles. The van der Waals surface area contributed by atoms with Crippen LogP contribution in [0.25, 0.3) is 0 Å². The quantitative estimate of drug-likeness (QED) is 0.123. The summed E-state index contributed by atoms with van der Waals surface area (Å²) in [5, 5.41) is 19.0. The Morgan fingerprint density at radius 3 is 2.38 bits per heavy atom. The zero-order chi connectivity index (χ0) is 51.4. The molecule has 9 rings (SSSR count). The van der Waals surface area contributed by atoms with Crippen LogP contribution in [-0.2, 0) is 34.0 Å². The molecule has 6 aliphatic heterocycles. The average Bonchev–Trinajstić information content (AvgIpc) is 4.11. The number of nitrogens with one attached hydrogen (secondary N) is 6. The summed E-state index contributed by atoms with van der Waals surface area (Å²) < 4.78 is 31.2. The fourth-order valence-electron chi connectivity index (χ4n) is 11.8. The van der Waals surface area contributed by atoms with Gasteiger partial charge in [0.1, 0.15) is 23.9 Å². The molecule has 22 heteroatoms. The number of imide groups is 2. The van der Waals surface area contributed by atoms with Crippen LogP contribution in [0.4, 0.5) is 0 Å². The van der Waals surface area contributed by atoms with Crippen LogP contribution in [0, 0.1) is 11.8 Å². The smallest absolute Gasteiger partial charge is 0.262 e. The first-order chi connectivity index (χ1) is 35.1. The molecule has 5 saturated heterocycles.